The summed E-state index contributed by atoms with van der Waals surface area (Å²) < 4.78 is 38.1. The Morgan fingerprint density at radius 2 is 1.78 bits per heavy atom. The Morgan fingerprint density at radius 3 is 2.47 bits per heavy atom. The summed E-state index contributed by atoms with van der Waals surface area (Å²) in [4.78, 5) is 13.4. The molecule has 1 heterocycles. The lowest BCUT2D eigenvalue weighted by molar-refractivity contribution is -0.118. The van der Waals surface area contributed by atoms with Crippen LogP contribution >= 0.6 is 0 Å². The number of fused-ring (bicyclic) bond motifs is 1. The van der Waals surface area contributed by atoms with Crippen LogP contribution in [0.2, 0.25) is 0 Å². The smallest absolute Gasteiger partial charge is 0.240 e. The van der Waals surface area contributed by atoms with Crippen LogP contribution in [0.25, 0.3) is 11.1 Å². The van der Waals surface area contributed by atoms with Crippen molar-refractivity contribution in [2.45, 2.75) is 43.1 Å². The third-order valence-corrected chi connectivity index (χ3v) is 8.09. The van der Waals surface area contributed by atoms with Gasteiger partial charge >= 0.3 is 0 Å². The third kappa shape index (κ3) is 4.69. The van der Waals surface area contributed by atoms with Crippen LogP contribution in [0.3, 0.4) is 0 Å². The summed E-state index contributed by atoms with van der Waals surface area (Å²) in [6, 6.07) is 17.9. The van der Waals surface area contributed by atoms with Crippen LogP contribution in [-0.2, 0) is 20.2 Å². The minimum Gasteiger partial charge on any atom is -0.454 e. The predicted molar refractivity (Wildman–Crippen MR) is 142 cm³/mol. The molecule has 1 atom stereocenters. The van der Waals surface area contributed by atoms with Crippen LogP contribution < -0.4 is 19.5 Å². The highest BCUT2D eigenvalue weighted by atomic mass is 32.2. The monoisotopic (exact) mass is 514 g/mol. The van der Waals surface area contributed by atoms with Crippen molar-refractivity contribution in [3.05, 3.63) is 71.8 Å². The van der Waals surface area contributed by atoms with Gasteiger partial charge in [0.15, 0.2) is 11.5 Å². The van der Waals surface area contributed by atoms with Crippen molar-refractivity contribution < 1.29 is 32.1 Å². The molecule has 5 rings (SSSR count). The quantitative estimate of drug-likeness (QED) is 0.409. The zero-order valence-electron chi connectivity index (χ0n) is 20.1. The van der Waals surface area contributed by atoms with E-state index in [1.807, 2.05) is 43.3 Å². The molecule has 3 aromatic rings. The number of rotatable bonds is 8. The van der Waals surface area contributed by atoms with Gasteiger partial charge in [0.05, 0.1) is 16.4 Å². The molecule has 1 saturated carbocycles. The van der Waals surface area contributed by atoms with Crippen molar-refractivity contribution in [2.75, 3.05) is 18.7 Å². The van der Waals surface area contributed by atoms with Gasteiger partial charge in [0.25, 0.3) is 0 Å². The molecule has 1 fully saturated rings. The molecular formula is C27H34N2O6S. The van der Waals surface area contributed by atoms with E-state index in [-0.39, 0.29) is 28.4 Å². The standard InChI is InChI=1S/C27H28N2O6S.3H2/c1-17-3-7-21(14-23(17)19-4-8-22(9-5-19)36(32,33)28-15-18(2)30)29-26(31)27(11-12-27)20-6-10-24-25(13-20)35-16-34-24;;;/h3-10,13-14,18,28,30H,11-12,15-16H2,1-2H3,(H,29,31);3*1H/t18-;;;/m1.../s1. The van der Waals surface area contributed by atoms with Crippen LogP contribution in [0, 0.1) is 6.92 Å². The highest BCUT2D eigenvalue weighted by Crippen LogP contribution is 2.51. The van der Waals surface area contributed by atoms with E-state index in [0.717, 1.165) is 35.1 Å². The lowest BCUT2D eigenvalue weighted by Gasteiger charge is -2.17. The highest BCUT2D eigenvalue weighted by Gasteiger charge is 2.51. The number of nitrogens with one attached hydrogen (secondary N) is 2. The maximum atomic E-state index is 13.3. The van der Waals surface area contributed by atoms with Gasteiger partial charge in [-0.3, -0.25) is 4.79 Å². The first-order valence-electron chi connectivity index (χ1n) is 11.8. The number of hydrogen-bond donors (Lipinski definition) is 3. The number of hydrogen-bond acceptors (Lipinski definition) is 6. The Morgan fingerprint density at radius 1 is 1.06 bits per heavy atom. The lowest BCUT2D eigenvalue weighted by atomic mass is 9.94. The Balaban J connectivity index is 0.00000178. The van der Waals surface area contributed by atoms with Gasteiger partial charge < -0.3 is 19.9 Å². The van der Waals surface area contributed by atoms with E-state index >= 15 is 0 Å². The first-order valence-corrected chi connectivity index (χ1v) is 13.3. The van der Waals surface area contributed by atoms with Crippen LogP contribution in [0.4, 0.5) is 5.69 Å². The normalized spacial score (nSPS) is 16.4. The molecule has 0 saturated heterocycles. The van der Waals surface area contributed by atoms with Gasteiger partial charge in [-0.15, -0.1) is 0 Å². The molecule has 2 aliphatic rings. The number of aliphatic hydroxyl groups is 1. The second kappa shape index (κ2) is 9.24. The van der Waals surface area contributed by atoms with Gasteiger partial charge in [-0.05, 0) is 85.3 Å². The maximum absolute atomic E-state index is 13.3. The van der Waals surface area contributed by atoms with Gasteiger partial charge in [0.1, 0.15) is 0 Å². The molecule has 3 aromatic carbocycles. The molecule has 194 valence electrons. The number of sulfonamides is 1. The number of carbonyl (C=O) groups excluding carboxylic acids is 1. The van der Waals surface area contributed by atoms with Crippen molar-refractivity contribution in [1.82, 2.24) is 4.72 Å². The summed E-state index contributed by atoms with van der Waals surface area (Å²) in [5.74, 6) is 1.29. The average molecular weight is 515 g/mol. The maximum Gasteiger partial charge on any atom is 0.240 e. The largest absolute Gasteiger partial charge is 0.454 e. The fraction of sp³-hybridized carbons (Fsp3) is 0.296. The number of benzene rings is 3. The molecule has 9 heteroatoms. The van der Waals surface area contributed by atoms with Gasteiger partial charge in [-0.25, -0.2) is 13.1 Å². The van der Waals surface area contributed by atoms with Crippen molar-refractivity contribution in [1.29, 1.82) is 0 Å². The second-order valence-electron chi connectivity index (χ2n) is 9.36. The molecule has 0 radical (unpaired) electrons. The summed E-state index contributed by atoms with van der Waals surface area (Å²) in [5.41, 5.74) is 3.71. The van der Waals surface area contributed by atoms with Crippen LogP contribution in [0.15, 0.2) is 65.6 Å². The molecule has 0 bridgehead atoms. The fourth-order valence-corrected chi connectivity index (χ4v) is 5.48. The summed E-state index contributed by atoms with van der Waals surface area (Å²) in [7, 11) is -3.71. The van der Waals surface area contributed by atoms with E-state index in [1.165, 1.54) is 19.1 Å². The van der Waals surface area contributed by atoms with E-state index in [0.29, 0.717) is 17.2 Å². The Labute approximate surface area is 214 Å². The zero-order valence-corrected chi connectivity index (χ0v) is 20.9. The molecule has 36 heavy (non-hydrogen) atoms. The number of amides is 1. The molecule has 1 aliphatic heterocycles. The number of anilines is 1. The minimum atomic E-state index is -3.71. The molecule has 8 nitrogen and oxygen atoms in total. The third-order valence-electron chi connectivity index (χ3n) is 6.65. The predicted octanol–water partition coefficient (Wildman–Crippen LogP) is 4.46. The summed E-state index contributed by atoms with van der Waals surface area (Å²) in [6.45, 7) is 3.61. The summed E-state index contributed by atoms with van der Waals surface area (Å²) >= 11 is 0. The molecule has 1 amide bonds. The molecule has 1 aliphatic carbocycles. The van der Waals surface area contributed by atoms with Gasteiger partial charge in [0, 0.05) is 16.5 Å². The fourth-order valence-electron chi connectivity index (χ4n) is 4.35. The molecular weight excluding hydrogens is 480 g/mol. The van der Waals surface area contributed by atoms with Gasteiger partial charge in [-0.1, -0.05) is 24.3 Å². The topological polar surface area (TPSA) is 114 Å². The second-order valence-corrected chi connectivity index (χ2v) is 11.1. The SMILES string of the molecule is Cc1ccc(NC(=O)C2(c3ccc4c(c3)OCO4)CC2)cc1-c1ccc(S(=O)(=O)NC[C@@H](C)O)cc1.[HH].[HH].[HH]. The molecule has 3 N–H and O–H groups in total. The van der Waals surface area contributed by atoms with Gasteiger partial charge in [0.2, 0.25) is 22.7 Å². The van der Waals surface area contributed by atoms with Crippen molar-refractivity contribution in [3.63, 3.8) is 0 Å². The first-order chi connectivity index (χ1) is 17.2. The molecule has 0 aromatic heterocycles. The average Bonchev–Trinajstić information content (AvgIpc) is 3.55. The molecule has 0 spiro atoms. The Hall–Kier alpha value is -3.40. The van der Waals surface area contributed by atoms with Crippen LogP contribution in [0.1, 0.15) is 35.2 Å². The van der Waals surface area contributed by atoms with Gasteiger partial charge in [-0.2, -0.15) is 0 Å². The highest BCUT2D eigenvalue weighted by molar-refractivity contribution is 7.89. The van der Waals surface area contributed by atoms with Crippen molar-refractivity contribution in [3.8, 4) is 22.6 Å². The minimum absolute atomic E-state index is 0. The lowest BCUT2D eigenvalue weighted by Crippen LogP contribution is -2.30. The van der Waals surface area contributed by atoms with E-state index in [9.17, 15) is 18.3 Å². The Kier molecular flexibility index (Phi) is 6.23. The number of carbonyl (C=O) groups is 1. The Bertz CT molecular complexity index is 1430. The van der Waals surface area contributed by atoms with E-state index in [1.54, 1.807) is 12.1 Å². The summed E-state index contributed by atoms with van der Waals surface area (Å²) in [5, 5.41) is 12.4. The van der Waals surface area contributed by atoms with Crippen molar-refractivity contribution in [2.24, 2.45) is 0 Å². The number of aliphatic hydroxyl groups excluding tert-OH is 1. The zero-order chi connectivity index (χ0) is 25.5. The van der Waals surface area contributed by atoms with E-state index in [2.05, 4.69) is 10.0 Å². The van der Waals surface area contributed by atoms with Crippen LogP contribution in [0.5, 0.6) is 11.5 Å². The number of ether oxygens (including phenoxy) is 2. The number of aryl methyl sites for hydroxylation is 1. The van der Waals surface area contributed by atoms with E-state index in [4.69, 9.17) is 9.47 Å². The molecule has 0 unspecified atom stereocenters. The van der Waals surface area contributed by atoms with E-state index < -0.39 is 21.5 Å². The van der Waals surface area contributed by atoms with Crippen molar-refractivity contribution >= 4 is 21.6 Å². The van der Waals surface area contributed by atoms with Crippen LogP contribution in [-0.4, -0.2) is 38.9 Å². The first kappa shape index (κ1) is 24.3. The summed E-state index contributed by atoms with van der Waals surface area (Å²) in [6.07, 6.45) is 0.742.